The van der Waals surface area contributed by atoms with Gasteiger partial charge in [0.2, 0.25) is 0 Å². The van der Waals surface area contributed by atoms with Crippen LogP contribution in [-0.2, 0) is 0 Å². The molecule has 0 aliphatic carbocycles. The van der Waals surface area contributed by atoms with Crippen molar-refractivity contribution in [1.82, 2.24) is 5.32 Å². The molecule has 2 atom stereocenters. The van der Waals surface area contributed by atoms with Gasteiger partial charge in [-0.1, -0.05) is 12.1 Å². The molecule has 0 radical (unpaired) electrons. The zero-order valence-electron chi connectivity index (χ0n) is 10.4. The Balaban J connectivity index is 2.76. The van der Waals surface area contributed by atoms with Gasteiger partial charge in [0, 0.05) is 12.1 Å². The van der Waals surface area contributed by atoms with Crippen LogP contribution in [0.2, 0.25) is 0 Å². The number of nitrogens with one attached hydrogen (secondary N) is 1. The van der Waals surface area contributed by atoms with Gasteiger partial charge >= 0.3 is 0 Å². The van der Waals surface area contributed by atoms with Gasteiger partial charge in [-0.3, -0.25) is 0 Å². The highest BCUT2D eigenvalue weighted by Gasteiger charge is 2.09. The molecule has 0 aliphatic rings. The first-order valence-electron chi connectivity index (χ1n) is 5.60. The molecular weight excluding hydrogens is 202 g/mol. The molecule has 3 heteroatoms. The quantitative estimate of drug-likeness (QED) is 0.802. The SMILES string of the molecule is COc1ccc(C(C)N[C@H](C)CO)cc1C. The fraction of sp³-hybridized carbons (Fsp3) is 0.538. The van der Waals surface area contributed by atoms with Crippen molar-refractivity contribution in [3.63, 3.8) is 0 Å². The van der Waals surface area contributed by atoms with Crippen molar-refractivity contribution in [2.45, 2.75) is 32.9 Å². The fourth-order valence-electron chi connectivity index (χ4n) is 1.75. The van der Waals surface area contributed by atoms with E-state index >= 15 is 0 Å². The van der Waals surface area contributed by atoms with Gasteiger partial charge in [-0.15, -0.1) is 0 Å². The average Bonchev–Trinajstić information content (AvgIpc) is 2.28. The molecule has 90 valence electrons. The summed E-state index contributed by atoms with van der Waals surface area (Å²) in [5.74, 6) is 0.908. The smallest absolute Gasteiger partial charge is 0.121 e. The first-order chi connectivity index (χ1) is 7.58. The molecule has 2 N–H and O–H groups in total. The third-order valence-corrected chi connectivity index (χ3v) is 2.73. The first kappa shape index (κ1) is 13.0. The average molecular weight is 223 g/mol. The number of ether oxygens (including phenoxy) is 1. The Kier molecular flexibility index (Phi) is 4.77. The van der Waals surface area contributed by atoms with Crippen molar-refractivity contribution in [3.8, 4) is 5.75 Å². The second-order valence-corrected chi connectivity index (χ2v) is 4.20. The molecule has 0 amide bonds. The van der Waals surface area contributed by atoms with Crippen LogP contribution in [0, 0.1) is 6.92 Å². The van der Waals surface area contributed by atoms with Crippen LogP contribution in [0.15, 0.2) is 18.2 Å². The van der Waals surface area contributed by atoms with Crippen LogP contribution in [0.5, 0.6) is 5.75 Å². The second kappa shape index (κ2) is 5.87. The molecule has 0 aromatic heterocycles. The molecule has 0 saturated heterocycles. The van der Waals surface area contributed by atoms with E-state index < -0.39 is 0 Å². The summed E-state index contributed by atoms with van der Waals surface area (Å²) >= 11 is 0. The Morgan fingerprint density at radius 3 is 2.56 bits per heavy atom. The highest BCUT2D eigenvalue weighted by Crippen LogP contribution is 2.22. The van der Waals surface area contributed by atoms with Gasteiger partial charge in [0.25, 0.3) is 0 Å². The maximum atomic E-state index is 8.98. The lowest BCUT2D eigenvalue weighted by molar-refractivity contribution is 0.243. The maximum Gasteiger partial charge on any atom is 0.121 e. The number of hydrogen-bond acceptors (Lipinski definition) is 3. The third-order valence-electron chi connectivity index (χ3n) is 2.73. The predicted octanol–water partition coefficient (Wildman–Crippen LogP) is 2.04. The normalized spacial score (nSPS) is 14.6. The Labute approximate surface area is 97.4 Å². The lowest BCUT2D eigenvalue weighted by atomic mass is 10.0. The van der Waals surface area contributed by atoms with Crippen molar-refractivity contribution in [2.24, 2.45) is 0 Å². The van der Waals surface area contributed by atoms with E-state index in [1.54, 1.807) is 7.11 Å². The molecule has 0 heterocycles. The molecule has 16 heavy (non-hydrogen) atoms. The Morgan fingerprint density at radius 2 is 2.06 bits per heavy atom. The molecular formula is C13H21NO2. The summed E-state index contributed by atoms with van der Waals surface area (Å²) in [7, 11) is 1.68. The van der Waals surface area contributed by atoms with Crippen LogP contribution >= 0.6 is 0 Å². The van der Waals surface area contributed by atoms with Crippen LogP contribution in [0.1, 0.15) is 31.0 Å². The number of hydrogen-bond donors (Lipinski definition) is 2. The lowest BCUT2D eigenvalue weighted by Crippen LogP contribution is -2.31. The summed E-state index contributed by atoms with van der Waals surface area (Å²) in [6.45, 7) is 6.24. The molecule has 3 nitrogen and oxygen atoms in total. The summed E-state index contributed by atoms with van der Waals surface area (Å²) in [6, 6.07) is 6.48. The van der Waals surface area contributed by atoms with Crippen LogP contribution in [0.3, 0.4) is 0 Å². The number of benzene rings is 1. The highest BCUT2D eigenvalue weighted by atomic mass is 16.5. The minimum atomic E-state index is 0.109. The molecule has 1 aromatic carbocycles. The van der Waals surface area contributed by atoms with E-state index in [-0.39, 0.29) is 18.7 Å². The lowest BCUT2D eigenvalue weighted by Gasteiger charge is -2.19. The molecule has 1 unspecified atom stereocenters. The minimum absolute atomic E-state index is 0.109. The monoisotopic (exact) mass is 223 g/mol. The van der Waals surface area contributed by atoms with Gasteiger partial charge in [-0.25, -0.2) is 0 Å². The van der Waals surface area contributed by atoms with Crippen LogP contribution in [0.25, 0.3) is 0 Å². The number of methoxy groups -OCH3 is 1. The van der Waals surface area contributed by atoms with E-state index in [1.807, 2.05) is 26.0 Å². The molecule has 1 rings (SSSR count). The molecule has 0 aliphatic heterocycles. The minimum Gasteiger partial charge on any atom is -0.496 e. The summed E-state index contributed by atoms with van der Waals surface area (Å²) < 4.78 is 5.22. The first-order valence-corrected chi connectivity index (χ1v) is 5.60. The molecule has 1 aromatic rings. The highest BCUT2D eigenvalue weighted by molar-refractivity contribution is 5.37. The van der Waals surface area contributed by atoms with E-state index in [1.165, 1.54) is 5.56 Å². The van der Waals surface area contributed by atoms with Crippen LogP contribution in [0.4, 0.5) is 0 Å². The predicted molar refractivity (Wildman–Crippen MR) is 65.8 cm³/mol. The number of rotatable bonds is 5. The van der Waals surface area contributed by atoms with Crippen molar-refractivity contribution in [2.75, 3.05) is 13.7 Å². The van der Waals surface area contributed by atoms with Crippen LogP contribution < -0.4 is 10.1 Å². The zero-order valence-corrected chi connectivity index (χ0v) is 10.4. The van der Waals surface area contributed by atoms with E-state index in [4.69, 9.17) is 9.84 Å². The van der Waals surface area contributed by atoms with Crippen molar-refractivity contribution in [1.29, 1.82) is 0 Å². The summed E-state index contributed by atoms with van der Waals surface area (Å²) in [5, 5.41) is 12.3. The number of aliphatic hydroxyl groups excluding tert-OH is 1. The van der Waals surface area contributed by atoms with Gasteiger partial charge < -0.3 is 15.2 Å². The zero-order chi connectivity index (χ0) is 12.1. The summed E-state index contributed by atoms with van der Waals surface area (Å²) in [5.41, 5.74) is 2.34. The van der Waals surface area contributed by atoms with Crippen molar-refractivity contribution in [3.05, 3.63) is 29.3 Å². The largest absolute Gasteiger partial charge is 0.496 e. The third kappa shape index (κ3) is 3.22. The van der Waals surface area contributed by atoms with Gasteiger partial charge in [0.1, 0.15) is 5.75 Å². The Bertz CT molecular complexity index is 339. The van der Waals surface area contributed by atoms with Gasteiger partial charge in [-0.2, -0.15) is 0 Å². The van der Waals surface area contributed by atoms with E-state index in [0.29, 0.717) is 0 Å². The van der Waals surface area contributed by atoms with Gasteiger partial charge in [-0.05, 0) is 38.0 Å². The molecule has 0 fully saturated rings. The molecule has 0 bridgehead atoms. The fourth-order valence-corrected chi connectivity index (χ4v) is 1.75. The van der Waals surface area contributed by atoms with Gasteiger partial charge in [0.05, 0.1) is 13.7 Å². The Morgan fingerprint density at radius 1 is 1.38 bits per heavy atom. The second-order valence-electron chi connectivity index (χ2n) is 4.20. The maximum absolute atomic E-state index is 8.98. The van der Waals surface area contributed by atoms with Crippen LogP contribution in [-0.4, -0.2) is 24.9 Å². The van der Waals surface area contributed by atoms with Crippen molar-refractivity contribution >= 4 is 0 Å². The van der Waals surface area contributed by atoms with E-state index in [2.05, 4.69) is 18.3 Å². The molecule has 0 saturated carbocycles. The number of aliphatic hydroxyl groups is 1. The van der Waals surface area contributed by atoms with Crippen molar-refractivity contribution < 1.29 is 9.84 Å². The summed E-state index contributed by atoms with van der Waals surface area (Å²) in [4.78, 5) is 0. The number of aryl methyl sites for hydroxylation is 1. The standard InChI is InChI=1S/C13H21NO2/c1-9-7-12(5-6-13(9)16-4)11(3)14-10(2)8-15/h5-7,10-11,14-15H,8H2,1-4H3/t10-,11?/m1/s1. The van der Waals surface area contributed by atoms with E-state index in [0.717, 1.165) is 11.3 Å². The van der Waals surface area contributed by atoms with E-state index in [9.17, 15) is 0 Å². The topological polar surface area (TPSA) is 41.5 Å². The van der Waals surface area contributed by atoms with Gasteiger partial charge in [0.15, 0.2) is 0 Å². The Hall–Kier alpha value is -1.06. The summed E-state index contributed by atoms with van der Waals surface area (Å²) in [6.07, 6.45) is 0. The molecule has 0 spiro atoms.